The van der Waals surface area contributed by atoms with Gasteiger partial charge in [0.15, 0.2) is 0 Å². The molecule has 0 aromatic carbocycles. The third kappa shape index (κ3) is 12.6. The average Bonchev–Trinajstić information content (AvgIpc) is 2.35. The minimum absolute atomic E-state index is 0.0969. The van der Waals surface area contributed by atoms with E-state index in [0.717, 1.165) is 6.61 Å². The Balaban J connectivity index is 3.45. The van der Waals surface area contributed by atoms with Crippen LogP contribution in [0.25, 0.3) is 0 Å². The molecule has 0 fully saturated rings. The molecule has 0 saturated carbocycles. The van der Waals surface area contributed by atoms with Gasteiger partial charge in [-0.1, -0.05) is 59.3 Å². The largest absolute Gasteiger partial charge is 0.359 e. The molecule has 0 aliphatic heterocycles. The van der Waals surface area contributed by atoms with Gasteiger partial charge in [-0.05, 0) is 31.6 Å². The molecule has 0 saturated heterocycles. The van der Waals surface area contributed by atoms with Crippen LogP contribution in [0.15, 0.2) is 0 Å². The summed E-state index contributed by atoms with van der Waals surface area (Å²) in [4.78, 5) is 0. The maximum Gasteiger partial charge on any atom is 0.0508 e. The maximum atomic E-state index is 6.09. The molecule has 0 atom stereocenters. The third-order valence-electron chi connectivity index (χ3n) is 3.04. The molecule has 0 amide bonds. The normalized spacial score (nSPS) is 11.3. The predicted molar refractivity (Wildman–Crippen MR) is 81.2 cm³/mol. The first kappa shape index (κ1) is 17.4. The fraction of sp³-hybridized carbons (Fsp3) is 1.00. The summed E-state index contributed by atoms with van der Waals surface area (Å²) in [6, 6.07) is 0. The molecule has 0 unspecified atom stereocenters. The second kappa shape index (κ2) is 14.5. The molecule has 0 N–H and O–H groups in total. The monoisotopic (exact) mass is 260 g/mol. The van der Waals surface area contributed by atoms with Gasteiger partial charge in [0.1, 0.15) is 0 Å². The van der Waals surface area contributed by atoms with E-state index in [1.54, 1.807) is 0 Å². The zero-order chi connectivity index (χ0) is 12.8. The van der Waals surface area contributed by atoms with Gasteiger partial charge in [0.25, 0.3) is 0 Å². The van der Waals surface area contributed by atoms with Crippen molar-refractivity contribution < 1.29 is 4.52 Å². The van der Waals surface area contributed by atoms with E-state index in [9.17, 15) is 0 Å². The van der Waals surface area contributed by atoms with Gasteiger partial charge in [0, 0.05) is 8.15 Å². The van der Waals surface area contributed by atoms with Gasteiger partial charge in [0.05, 0.1) is 6.61 Å². The van der Waals surface area contributed by atoms with E-state index < -0.39 is 0 Å². The lowest BCUT2D eigenvalue weighted by Crippen LogP contribution is -1.97. The van der Waals surface area contributed by atoms with Crippen molar-refractivity contribution in [2.75, 3.05) is 18.9 Å². The van der Waals surface area contributed by atoms with Crippen LogP contribution in [-0.4, -0.2) is 18.9 Å². The average molecular weight is 260 g/mol. The second-order valence-corrected chi connectivity index (χ2v) is 7.00. The summed E-state index contributed by atoms with van der Waals surface area (Å²) in [5, 5.41) is 0. The fourth-order valence-electron chi connectivity index (χ4n) is 1.81. The first-order valence-corrected chi connectivity index (χ1v) is 9.36. The summed E-state index contributed by atoms with van der Waals surface area (Å²) in [5.74, 6) is 0. The van der Waals surface area contributed by atoms with E-state index in [4.69, 9.17) is 4.52 Å². The van der Waals surface area contributed by atoms with Gasteiger partial charge in [-0.15, -0.1) is 0 Å². The molecule has 0 aromatic rings. The minimum atomic E-state index is -0.0969. The summed E-state index contributed by atoms with van der Waals surface area (Å²) >= 11 is 0. The van der Waals surface area contributed by atoms with Crippen molar-refractivity contribution in [3.05, 3.63) is 0 Å². The summed E-state index contributed by atoms with van der Waals surface area (Å²) in [6.45, 7) is 7.84. The number of hydrogen-bond donors (Lipinski definition) is 0. The third-order valence-corrected chi connectivity index (χ3v) is 5.22. The van der Waals surface area contributed by atoms with Crippen molar-refractivity contribution in [3.8, 4) is 0 Å². The summed E-state index contributed by atoms with van der Waals surface area (Å²) in [6.07, 6.45) is 14.7. The molecule has 17 heavy (non-hydrogen) atoms. The highest BCUT2D eigenvalue weighted by Gasteiger charge is 2.07. The molecule has 0 spiro atoms. The SMILES string of the molecule is CCCCCCCOP(CCCC)CCCC. The van der Waals surface area contributed by atoms with Crippen LogP contribution in [-0.2, 0) is 4.52 Å². The van der Waals surface area contributed by atoms with Gasteiger partial charge in [-0.3, -0.25) is 0 Å². The molecule has 0 bridgehead atoms. The number of unbranched alkanes of at least 4 members (excludes halogenated alkanes) is 6. The van der Waals surface area contributed by atoms with E-state index in [1.807, 2.05) is 0 Å². The topological polar surface area (TPSA) is 9.23 Å². The van der Waals surface area contributed by atoms with Gasteiger partial charge >= 0.3 is 0 Å². The first-order chi connectivity index (χ1) is 8.35. The van der Waals surface area contributed by atoms with Gasteiger partial charge in [-0.25, -0.2) is 0 Å². The van der Waals surface area contributed by atoms with Crippen LogP contribution in [0.5, 0.6) is 0 Å². The molecule has 2 heteroatoms. The van der Waals surface area contributed by atoms with Crippen molar-refractivity contribution >= 4 is 8.15 Å². The molecule has 0 aliphatic rings. The van der Waals surface area contributed by atoms with Crippen LogP contribution < -0.4 is 0 Å². The lowest BCUT2D eigenvalue weighted by Gasteiger charge is -2.17. The predicted octanol–water partition coefficient (Wildman–Crippen LogP) is 5.97. The van der Waals surface area contributed by atoms with Gasteiger partial charge < -0.3 is 4.52 Å². The smallest absolute Gasteiger partial charge is 0.0508 e. The highest BCUT2D eigenvalue weighted by Crippen LogP contribution is 2.39. The molecule has 104 valence electrons. The van der Waals surface area contributed by atoms with Gasteiger partial charge in [0.2, 0.25) is 0 Å². The lowest BCUT2D eigenvalue weighted by molar-refractivity contribution is 0.334. The minimum Gasteiger partial charge on any atom is -0.359 e. The summed E-state index contributed by atoms with van der Waals surface area (Å²) in [7, 11) is -0.0969. The van der Waals surface area contributed by atoms with Crippen LogP contribution in [0.2, 0.25) is 0 Å². The van der Waals surface area contributed by atoms with E-state index in [0.29, 0.717) is 0 Å². The second-order valence-electron chi connectivity index (χ2n) is 4.88. The molecule has 0 radical (unpaired) electrons. The van der Waals surface area contributed by atoms with E-state index >= 15 is 0 Å². The number of rotatable bonds is 13. The van der Waals surface area contributed by atoms with Crippen molar-refractivity contribution in [3.63, 3.8) is 0 Å². The fourth-order valence-corrected chi connectivity index (χ4v) is 4.02. The van der Waals surface area contributed by atoms with Crippen molar-refractivity contribution in [1.29, 1.82) is 0 Å². The molecule has 1 nitrogen and oxygen atoms in total. The molecule has 0 aliphatic carbocycles. The Hall–Kier alpha value is 0.390. The van der Waals surface area contributed by atoms with E-state index in [2.05, 4.69) is 20.8 Å². The quantitative estimate of drug-likeness (QED) is 0.293. The van der Waals surface area contributed by atoms with Crippen LogP contribution in [0, 0.1) is 0 Å². The highest BCUT2D eigenvalue weighted by molar-refractivity contribution is 7.52. The molecular formula is C15H33OP. The zero-order valence-corrected chi connectivity index (χ0v) is 13.2. The first-order valence-electron chi connectivity index (χ1n) is 7.73. The van der Waals surface area contributed by atoms with Crippen LogP contribution in [0.4, 0.5) is 0 Å². The molecular weight excluding hydrogens is 227 g/mol. The Morgan fingerprint density at radius 3 is 1.71 bits per heavy atom. The Morgan fingerprint density at radius 1 is 0.647 bits per heavy atom. The number of hydrogen-bond acceptors (Lipinski definition) is 1. The Bertz CT molecular complexity index is 131. The molecule has 0 aromatic heterocycles. The van der Waals surface area contributed by atoms with Crippen molar-refractivity contribution in [2.24, 2.45) is 0 Å². The summed E-state index contributed by atoms with van der Waals surface area (Å²) < 4.78 is 6.09. The zero-order valence-electron chi connectivity index (χ0n) is 12.3. The van der Waals surface area contributed by atoms with E-state index in [-0.39, 0.29) is 8.15 Å². The maximum absolute atomic E-state index is 6.09. The highest BCUT2D eigenvalue weighted by atomic mass is 31.1. The van der Waals surface area contributed by atoms with Crippen molar-refractivity contribution in [2.45, 2.75) is 78.6 Å². The standard InChI is InChI=1S/C15H33OP/c1-4-7-10-11-12-13-16-17(14-8-5-2)15-9-6-3/h4-15H2,1-3H3. The Labute approximate surface area is 111 Å². The van der Waals surface area contributed by atoms with Crippen molar-refractivity contribution in [1.82, 2.24) is 0 Å². The Kier molecular flexibility index (Phi) is 14.8. The molecule has 0 heterocycles. The van der Waals surface area contributed by atoms with E-state index in [1.165, 1.54) is 70.1 Å². The van der Waals surface area contributed by atoms with Crippen LogP contribution in [0.1, 0.15) is 78.6 Å². The summed E-state index contributed by atoms with van der Waals surface area (Å²) in [5.41, 5.74) is 0. The lowest BCUT2D eigenvalue weighted by atomic mass is 10.2. The van der Waals surface area contributed by atoms with Gasteiger partial charge in [-0.2, -0.15) is 0 Å². The Morgan fingerprint density at radius 2 is 1.18 bits per heavy atom. The molecule has 0 rings (SSSR count). The van der Waals surface area contributed by atoms with Crippen LogP contribution >= 0.6 is 8.15 Å². The van der Waals surface area contributed by atoms with Crippen LogP contribution in [0.3, 0.4) is 0 Å².